The number of carbonyl (C=O) groups is 1. The van der Waals surface area contributed by atoms with Crippen molar-refractivity contribution in [3.8, 4) is 0 Å². The van der Waals surface area contributed by atoms with Crippen LogP contribution < -0.4 is 0 Å². The zero-order valence-corrected chi connectivity index (χ0v) is 12.4. The molecule has 0 spiro atoms. The van der Waals surface area contributed by atoms with Gasteiger partial charge < -0.3 is 4.74 Å². The van der Waals surface area contributed by atoms with Gasteiger partial charge in [0.2, 0.25) is 5.90 Å². The third-order valence-corrected chi connectivity index (χ3v) is 3.53. The fourth-order valence-electron chi connectivity index (χ4n) is 2.01. The van der Waals surface area contributed by atoms with Crippen molar-refractivity contribution in [1.29, 1.82) is 0 Å². The fraction of sp³-hybridized carbons (Fsp3) is 0.0588. The summed E-state index contributed by atoms with van der Waals surface area (Å²) in [6.45, 7) is 1.96. The van der Waals surface area contributed by atoms with Gasteiger partial charge in [-0.15, -0.1) is 0 Å². The zero-order chi connectivity index (χ0) is 15.7. The van der Waals surface area contributed by atoms with E-state index in [0.717, 1.165) is 5.56 Å². The first-order chi connectivity index (χ1) is 10.5. The van der Waals surface area contributed by atoms with Crippen LogP contribution >= 0.6 is 11.6 Å². The molecule has 22 heavy (non-hydrogen) atoms. The monoisotopic (exact) mass is 315 g/mol. The molecular formula is C17H11ClFNO2. The van der Waals surface area contributed by atoms with Crippen LogP contribution in [0.5, 0.6) is 0 Å². The molecule has 0 aromatic heterocycles. The molecule has 0 N–H and O–H groups in total. The van der Waals surface area contributed by atoms with Gasteiger partial charge in [-0.25, -0.2) is 14.2 Å². The maximum Gasteiger partial charge on any atom is 0.363 e. The van der Waals surface area contributed by atoms with E-state index in [1.54, 1.807) is 18.2 Å². The van der Waals surface area contributed by atoms with Crippen molar-refractivity contribution in [3.05, 3.63) is 75.7 Å². The molecule has 0 saturated heterocycles. The lowest BCUT2D eigenvalue weighted by atomic mass is 10.1. The van der Waals surface area contributed by atoms with E-state index in [1.165, 1.54) is 18.2 Å². The van der Waals surface area contributed by atoms with Gasteiger partial charge >= 0.3 is 5.97 Å². The Morgan fingerprint density at radius 2 is 1.91 bits per heavy atom. The van der Waals surface area contributed by atoms with E-state index < -0.39 is 11.8 Å². The second-order valence-corrected chi connectivity index (χ2v) is 5.24. The Balaban J connectivity index is 1.99. The molecule has 2 aromatic rings. The Morgan fingerprint density at radius 1 is 1.18 bits per heavy atom. The van der Waals surface area contributed by atoms with Crippen LogP contribution in [-0.4, -0.2) is 11.9 Å². The van der Waals surface area contributed by atoms with E-state index >= 15 is 0 Å². The summed E-state index contributed by atoms with van der Waals surface area (Å²) >= 11 is 5.94. The van der Waals surface area contributed by atoms with Gasteiger partial charge in [0.1, 0.15) is 5.82 Å². The number of rotatable bonds is 2. The summed E-state index contributed by atoms with van der Waals surface area (Å²) in [5.74, 6) is -0.953. The molecule has 0 fully saturated rings. The third kappa shape index (κ3) is 2.78. The molecule has 1 heterocycles. The van der Waals surface area contributed by atoms with Crippen molar-refractivity contribution in [1.82, 2.24) is 0 Å². The zero-order valence-electron chi connectivity index (χ0n) is 11.6. The molecule has 0 atom stereocenters. The van der Waals surface area contributed by atoms with Crippen molar-refractivity contribution in [2.75, 3.05) is 0 Å². The van der Waals surface area contributed by atoms with Crippen molar-refractivity contribution in [2.24, 2.45) is 4.99 Å². The molecule has 0 bridgehead atoms. The quantitative estimate of drug-likeness (QED) is 0.617. The number of hydrogen-bond donors (Lipinski definition) is 0. The minimum absolute atomic E-state index is 0.0163. The van der Waals surface area contributed by atoms with Gasteiger partial charge in [-0.05, 0) is 37.3 Å². The number of esters is 1. The molecular weight excluding hydrogens is 305 g/mol. The summed E-state index contributed by atoms with van der Waals surface area (Å²) in [6, 6.07) is 11.7. The van der Waals surface area contributed by atoms with E-state index in [9.17, 15) is 9.18 Å². The number of benzene rings is 2. The summed E-state index contributed by atoms with van der Waals surface area (Å²) < 4.78 is 18.9. The maximum atomic E-state index is 13.8. The molecule has 3 nitrogen and oxygen atoms in total. The average molecular weight is 316 g/mol. The van der Waals surface area contributed by atoms with Crippen LogP contribution in [-0.2, 0) is 9.53 Å². The largest absolute Gasteiger partial charge is 0.402 e. The Labute approximate surface area is 131 Å². The summed E-state index contributed by atoms with van der Waals surface area (Å²) in [5.41, 5.74) is 1.90. The van der Waals surface area contributed by atoms with Crippen molar-refractivity contribution in [3.63, 3.8) is 0 Å². The van der Waals surface area contributed by atoms with Crippen LogP contribution in [0.15, 0.2) is 53.2 Å². The van der Waals surface area contributed by atoms with E-state index in [0.29, 0.717) is 5.56 Å². The summed E-state index contributed by atoms with van der Waals surface area (Å²) in [7, 11) is 0. The van der Waals surface area contributed by atoms with Crippen LogP contribution in [0.4, 0.5) is 4.39 Å². The van der Waals surface area contributed by atoms with Crippen LogP contribution in [0.2, 0.25) is 5.02 Å². The van der Waals surface area contributed by atoms with E-state index in [-0.39, 0.29) is 22.2 Å². The third-order valence-electron chi connectivity index (χ3n) is 3.20. The molecule has 0 amide bonds. The van der Waals surface area contributed by atoms with Crippen molar-refractivity contribution < 1.29 is 13.9 Å². The van der Waals surface area contributed by atoms with Gasteiger partial charge in [-0.2, -0.15) is 0 Å². The maximum absolute atomic E-state index is 13.8. The molecule has 3 rings (SSSR count). The predicted molar refractivity (Wildman–Crippen MR) is 83.2 cm³/mol. The summed E-state index contributed by atoms with van der Waals surface area (Å²) in [5, 5.41) is 0.208. The van der Waals surface area contributed by atoms with Crippen LogP contribution in [0.3, 0.4) is 0 Å². The van der Waals surface area contributed by atoms with E-state index in [4.69, 9.17) is 16.3 Å². The van der Waals surface area contributed by atoms with Crippen LogP contribution in [0.25, 0.3) is 6.08 Å². The highest BCUT2D eigenvalue weighted by Gasteiger charge is 2.24. The SMILES string of the molecule is Cc1ccc(C2=NC(=Cc3c(F)cccc3Cl)C(=O)O2)cc1. The Kier molecular flexibility index (Phi) is 3.77. The normalized spacial score (nSPS) is 15.9. The highest BCUT2D eigenvalue weighted by molar-refractivity contribution is 6.32. The summed E-state index contributed by atoms with van der Waals surface area (Å²) in [6.07, 6.45) is 1.29. The van der Waals surface area contributed by atoms with Gasteiger partial charge in [-0.1, -0.05) is 35.4 Å². The second-order valence-electron chi connectivity index (χ2n) is 4.84. The lowest BCUT2D eigenvalue weighted by Crippen LogP contribution is -2.05. The van der Waals surface area contributed by atoms with Gasteiger partial charge in [0, 0.05) is 11.1 Å². The number of cyclic esters (lactones) is 1. The molecule has 0 radical (unpaired) electrons. The Bertz CT molecular complexity index is 790. The molecule has 1 aliphatic heterocycles. The number of halogens is 2. The van der Waals surface area contributed by atoms with Crippen molar-refractivity contribution >= 4 is 29.5 Å². The number of aryl methyl sites for hydroxylation is 1. The number of aliphatic imine (C=N–C) groups is 1. The first-order valence-corrected chi connectivity index (χ1v) is 6.96. The molecule has 5 heteroatoms. The lowest BCUT2D eigenvalue weighted by molar-refractivity contribution is -0.129. The van der Waals surface area contributed by atoms with Crippen LogP contribution in [0, 0.1) is 12.7 Å². The van der Waals surface area contributed by atoms with Gasteiger partial charge in [0.05, 0.1) is 5.02 Å². The van der Waals surface area contributed by atoms with E-state index in [1.807, 2.05) is 19.1 Å². The molecule has 0 saturated carbocycles. The van der Waals surface area contributed by atoms with Crippen LogP contribution in [0.1, 0.15) is 16.7 Å². The van der Waals surface area contributed by atoms with Gasteiger partial charge in [-0.3, -0.25) is 0 Å². The lowest BCUT2D eigenvalue weighted by Gasteiger charge is -1.99. The van der Waals surface area contributed by atoms with Crippen molar-refractivity contribution in [2.45, 2.75) is 6.92 Å². The predicted octanol–water partition coefficient (Wildman–Crippen LogP) is 4.13. The second kappa shape index (κ2) is 5.73. The number of hydrogen-bond acceptors (Lipinski definition) is 3. The smallest absolute Gasteiger partial charge is 0.363 e. The minimum Gasteiger partial charge on any atom is -0.402 e. The van der Waals surface area contributed by atoms with Gasteiger partial charge in [0.15, 0.2) is 5.70 Å². The average Bonchev–Trinajstić information content (AvgIpc) is 2.85. The summed E-state index contributed by atoms with van der Waals surface area (Å²) in [4.78, 5) is 16.0. The number of ether oxygens (including phenoxy) is 1. The molecule has 110 valence electrons. The topological polar surface area (TPSA) is 38.7 Å². The Hall–Kier alpha value is -2.46. The number of nitrogens with zero attached hydrogens (tertiary/aromatic N) is 1. The van der Waals surface area contributed by atoms with Gasteiger partial charge in [0.25, 0.3) is 0 Å². The standard InChI is InChI=1S/C17H11ClFNO2/c1-10-5-7-11(8-6-10)16-20-15(17(21)22-16)9-12-13(18)3-2-4-14(12)19/h2-9H,1H3. The highest BCUT2D eigenvalue weighted by atomic mass is 35.5. The highest BCUT2D eigenvalue weighted by Crippen LogP contribution is 2.25. The molecule has 2 aromatic carbocycles. The number of carbonyl (C=O) groups excluding carboxylic acids is 1. The minimum atomic E-state index is -0.630. The molecule has 1 aliphatic rings. The molecule has 0 aliphatic carbocycles. The molecule has 0 unspecified atom stereocenters. The fourth-order valence-corrected chi connectivity index (χ4v) is 2.23. The first-order valence-electron chi connectivity index (χ1n) is 6.58. The Morgan fingerprint density at radius 3 is 2.59 bits per heavy atom. The van der Waals surface area contributed by atoms with E-state index in [2.05, 4.69) is 4.99 Å². The first kappa shape index (κ1) is 14.5.